The molecular formula is C31H23F5N6O2. The third-order valence-electron chi connectivity index (χ3n) is 6.39. The van der Waals surface area contributed by atoms with Crippen LogP contribution in [0.15, 0.2) is 84.1 Å². The van der Waals surface area contributed by atoms with Crippen molar-refractivity contribution in [3.8, 4) is 23.7 Å². The first kappa shape index (κ1) is 31.4. The van der Waals surface area contributed by atoms with Gasteiger partial charge in [0.05, 0.1) is 18.2 Å². The van der Waals surface area contributed by atoms with E-state index in [1.165, 1.54) is 18.2 Å². The lowest BCUT2D eigenvalue weighted by Crippen LogP contribution is -2.53. The van der Waals surface area contributed by atoms with E-state index >= 15 is 8.78 Å². The van der Waals surface area contributed by atoms with Crippen LogP contribution in [0.2, 0.25) is 0 Å². The summed E-state index contributed by atoms with van der Waals surface area (Å²) in [4.78, 5) is 3.74. The minimum atomic E-state index is -4.24. The van der Waals surface area contributed by atoms with E-state index in [2.05, 4.69) is 21.9 Å². The van der Waals surface area contributed by atoms with Crippen LogP contribution in [0.25, 0.3) is 0 Å². The number of nitrogens with two attached hydrogens (primary N) is 2. The summed E-state index contributed by atoms with van der Waals surface area (Å²) in [5.74, 6) is 9.39. The molecule has 13 heteroatoms. The maximum absolute atomic E-state index is 15.8. The number of hydrogen-bond donors (Lipinski definition) is 3. The second-order valence-electron chi connectivity index (χ2n) is 9.41. The van der Waals surface area contributed by atoms with Gasteiger partial charge in [-0.05, 0) is 60.7 Å². The van der Waals surface area contributed by atoms with Gasteiger partial charge < -0.3 is 15.7 Å². The van der Waals surface area contributed by atoms with Crippen LogP contribution >= 0.6 is 0 Å². The highest BCUT2D eigenvalue weighted by molar-refractivity contribution is 5.54. The molecule has 8 nitrogen and oxygen atoms in total. The molecule has 4 aromatic rings. The molecule has 5 N–H and O–H groups in total. The fourth-order valence-electron chi connectivity index (χ4n) is 4.11. The Morgan fingerprint density at radius 3 is 2.23 bits per heavy atom. The van der Waals surface area contributed by atoms with E-state index in [1.807, 2.05) is 6.07 Å². The summed E-state index contributed by atoms with van der Waals surface area (Å²) in [7, 11) is 0. The van der Waals surface area contributed by atoms with Gasteiger partial charge in [-0.3, -0.25) is 9.99 Å². The molecule has 1 heterocycles. The zero-order valence-electron chi connectivity index (χ0n) is 22.7. The van der Waals surface area contributed by atoms with Crippen molar-refractivity contribution in [2.24, 2.45) is 16.8 Å². The summed E-state index contributed by atoms with van der Waals surface area (Å²) < 4.78 is 79.4. The zero-order chi connectivity index (χ0) is 31.9. The van der Waals surface area contributed by atoms with Crippen molar-refractivity contribution in [3.05, 3.63) is 130 Å². The van der Waals surface area contributed by atoms with Gasteiger partial charge in [0.1, 0.15) is 41.8 Å². The van der Waals surface area contributed by atoms with Crippen molar-refractivity contribution in [2.45, 2.75) is 18.1 Å². The van der Waals surface area contributed by atoms with E-state index < -0.39 is 46.8 Å². The molecular weight excluding hydrogens is 583 g/mol. The topological polar surface area (TPSA) is 134 Å². The van der Waals surface area contributed by atoms with Gasteiger partial charge in [-0.1, -0.05) is 17.9 Å². The molecule has 1 aromatic heterocycles. The Kier molecular flexibility index (Phi) is 9.44. The number of aliphatic hydroxyl groups is 1. The summed E-state index contributed by atoms with van der Waals surface area (Å²) in [5, 5.41) is 23.6. The molecule has 0 aliphatic rings. The van der Waals surface area contributed by atoms with E-state index in [1.54, 1.807) is 24.3 Å². The van der Waals surface area contributed by atoms with Crippen molar-refractivity contribution in [2.75, 3.05) is 6.54 Å². The lowest BCUT2D eigenvalue weighted by atomic mass is 9.84. The lowest BCUT2D eigenvalue weighted by molar-refractivity contribution is -0.203. The minimum Gasteiger partial charge on any atom is -0.489 e. The van der Waals surface area contributed by atoms with Crippen LogP contribution in [0, 0.1) is 40.6 Å². The number of rotatable bonds is 9. The number of pyridine rings is 1. The number of ether oxygens (including phenoxy) is 1. The molecule has 224 valence electrons. The van der Waals surface area contributed by atoms with Gasteiger partial charge in [0, 0.05) is 34.5 Å². The van der Waals surface area contributed by atoms with Crippen molar-refractivity contribution in [1.82, 2.24) is 9.99 Å². The fourth-order valence-corrected chi connectivity index (χ4v) is 4.11. The average molecular weight is 607 g/mol. The molecule has 1 atom stereocenters. The predicted octanol–water partition coefficient (Wildman–Crippen LogP) is 4.41. The number of nitriles is 1. The Morgan fingerprint density at radius 2 is 1.61 bits per heavy atom. The second-order valence-corrected chi connectivity index (χ2v) is 9.41. The van der Waals surface area contributed by atoms with E-state index in [0.29, 0.717) is 28.5 Å². The normalized spacial score (nSPS) is 12.6. The standard InChI is InChI=1S/C31H23F5N6O2/c32-24-8-11-26(28(34)14-24)30(43,18-42(39)19-41-38)31(35,36)29-12-6-21(16-40-29)2-1-20-4-9-25(10-5-20)44-17-23-7-3-22(15-37)13-27(23)33/h3-14,16,19,43H,17-18,38-39H2/b41-19-. The first-order valence-electron chi connectivity index (χ1n) is 12.7. The van der Waals surface area contributed by atoms with Gasteiger partial charge in [-0.2, -0.15) is 19.1 Å². The third-order valence-corrected chi connectivity index (χ3v) is 6.39. The first-order chi connectivity index (χ1) is 21.0. The van der Waals surface area contributed by atoms with E-state index in [-0.39, 0.29) is 23.3 Å². The predicted molar refractivity (Wildman–Crippen MR) is 150 cm³/mol. The SMILES string of the molecule is N#Cc1ccc(COc2ccc(C#Cc3ccc(C(F)(F)C(O)(CN(N)/C=N\N)c4ccc(F)cc4F)nc3)cc2)c(F)c1. The zero-order valence-corrected chi connectivity index (χ0v) is 22.7. The van der Waals surface area contributed by atoms with Gasteiger partial charge >= 0.3 is 5.92 Å². The number of halogens is 5. The smallest absolute Gasteiger partial charge is 0.323 e. The molecule has 0 saturated carbocycles. The van der Waals surface area contributed by atoms with Crippen molar-refractivity contribution in [3.63, 3.8) is 0 Å². The number of aromatic nitrogens is 1. The second kappa shape index (κ2) is 13.2. The summed E-state index contributed by atoms with van der Waals surface area (Å²) in [6.45, 7) is -1.15. The van der Waals surface area contributed by atoms with Crippen LogP contribution in [-0.2, 0) is 18.1 Å². The Balaban J connectivity index is 1.50. The van der Waals surface area contributed by atoms with E-state index in [4.69, 9.17) is 21.7 Å². The summed E-state index contributed by atoms with van der Waals surface area (Å²) >= 11 is 0. The molecule has 0 radical (unpaired) electrons. The van der Waals surface area contributed by atoms with Crippen LogP contribution in [0.4, 0.5) is 22.0 Å². The van der Waals surface area contributed by atoms with Gasteiger partial charge in [0.15, 0.2) is 5.60 Å². The van der Waals surface area contributed by atoms with E-state index in [9.17, 15) is 18.3 Å². The highest BCUT2D eigenvalue weighted by Crippen LogP contribution is 2.46. The van der Waals surface area contributed by atoms with Gasteiger partial charge in [0.2, 0.25) is 0 Å². The van der Waals surface area contributed by atoms with E-state index in [0.717, 1.165) is 30.7 Å². The van der Waals surface area contributed by atoms with Gasteiger partial charge in [0.25, 0.3) is 0 Å². The van der Waals surface area contributed by atoms with Crippen LogP contribution in [0.1, 0.15) is 33.5 Å². The van der Waals surface area contributed by atoms with Gasteiger partial charge in [-0.25, -0.2) is 19.0 Å². The molecule has 3 aromatic carbocycles. The van der Waals surface area contributed by atoms with Crippen molar-refractivity contribution >= 4 is 6.34 Å². The maximum Gasteiger partial charge on any atom is 0.323 e. The van der Waals surface area contributed by atoms with Crippen molar-refractivity contribution in [1.29, 1.82) is 5.26 Å². The average Bonchev–Trinajstić information content (AvgIpc) is 3.00. The maximum atomic E-state index is 15.8. The molecule has 44 heavy (non-hydrogen) atoms. The van der Waals surface area contributed by atoms with Crippen LogP contribution < -0.4 is 16.4 Å². The molecule has 0 spiro atoms. The molecule has 0 bridgehead atoms. The summed E-state index contributed by atoms with van der Waals surface area (Å²) in [5.41, 5.74) is -3.92. The molecule has 0 fully saturated rings. The monoisotopic (exact) mass is 606 g/mol. The molecule has 1 unspecified atom stereocenters. The number of hydrazine groups is 1. The number of nitrogens with zero attached hydrogens (tertiary/aromatic N) is 4. The molecule has 0 saturated heterocycles. The highest BCUT2D eigenvalue weighted by atomic mass is 19.3. The van der Waals surface area contributed by atoms with Gasteiger partial charge in [-0.15, -0.1) is 0 Å². The summed E-state index contributed by atoms with van der Waals surface area (Å²) in [6, 6.07) is 16.3. The molecule has 0 aliphatic carbocycles. The molecule has 0 amide bonds. The Hall–Kier alpha value is -5.50. The Morgan fingerprint density at radius 1 is 0.932 bits per heavy atom. The quantitative estimate of drug-likeness (QED) is 0.0642. The fraction of sp³-hybridized carbons (Fsp3) is 0.129. The summed E-state index contributed by atoms with van der Waals surface area (Å²) in [6.07, 6.45) is 1.78. The Bertz CT molecular complexity index is 1770. The first-order valence-corrected chi connectivity index (χ1v) is 12.7. The minimum absolute atomic E-state index is 0.0575. The lowest BCUT2D eigenvalue weighted by Gasteiger charge is -2.37. The number of alkyl halides is 2. The number of benzene rings is 3. The number of hydrazone groups is 1. The van der Waals surface area contributed by atoms with Crippen LogP contribution in [-0.4, -0.2) is 28.0 Å². The number of hydrogen-bond acceptors (Lipinski definition) is 7. The largest absolute Gasteiger partial charge is 0.489 e. The van der Waals surface area contributed by atoms with Crippen LogP contribution in [0.5, 0.6) is 5.75 Å². The highest BCUT2D eigenvalue weighted by Gasteiger charge is 2.58. The van der Waals surface area contributed by atoms with Crippen LogP contribution in [0.3, 0.4) is 0 Å². The molecule has 0 aliphatic heterocycles. The third kappa shape index (κ3) is 6.93. The molecule has 4 rings (SSSR count). The Labute approximate surface area is 248 Å². The van der Waals surface area contributed by atoms with Crippen molar-refractivity contribution < 1.29 is 31.8 Å².